The summed E-state index contributed by atoms with van der Waals surface area (Å²) >= 11 is 0. The van der Waals surface area contributed by atoms with E-state index in [-0.39, 0.29) is 24.5 Å². The molecule has 0 aliphatic carbocycles. The number of hydrogen-bond acceptors (Lipinski definition) is 3. The number of carbonyl (C=O) groups is 1. The topological polar surface area (TPSA) is 50.4 Å². The van der Waals surface area contributed by atoms with Crippen LogP contribution in [0.5, 0.6) is 0 Å². The monoisotopic (exact) mass is 324 g/mol. The number of alkyl halides is 3. The van der Waals surface area contributed by atoms with E-state index < -0.39 is 23.8 Å². The van der Waals surface area contributed by atoms with Gasteiger partial charge in [0.25, 0.3) is 5.91 Å². The molecule has 21 heavy (non-hydrogen) atoms. The molecule has 1 unspecified atom stereocenters. The van der Waals surface area contributed by atoms with Gasteiger partial charge in [0.05, 0.1) is 12.2 Å². The molecule has 1 aliphatic heterocycles. The second kappa shape index (κ2) is 7.63. The van der Waals surface area contributed by atoms with Gasteiger partial charge in [-0.15, -0.1) is 12.4 Å². The lowest BCUT2D eigenvalue weighted by atomic mass is 10.1. The van der Waals surface area contributed by atoms with Crippen molar-refractivity contribution in [3.05, 3.63) is 35.4 Å². The minimum atomic E-state index is -4.43. The molecular weight excluding hydrogens is 309 g/mol. The smallest absolute Gasteiger partial charge is 0.366 e. The zero-order valence-electron chi connectivity index (χ0n) is 11.1. The van der Waals surface area contributed by atoms with Crippen LogP contribution in [0.25, 0.3) is 0 Å². The number of amides is 1. The standard InChI is InChI=1S/C13H15F3N2O2.ClH/c14-13(15,16)10-4-2-1-3-9(10)7-18-12(19)11-8-17-5-6-20-11;/h1-4,11,17H,5-8H2,(H,18,19);1H. The fourth-order valence-electron chi connectivity index (χ4n) is 1.98. The second-order valence-corrected chi connectivity index (χ2v) is 4.44. The number of hydrogen-bond donors (Lipinski definition) is 2. The Morgan fingerprint density at radius 2 is 2.10 bits per heavy atom. The number of rotatable bonds is 3. The Bertz CT molecular complexity index is 477. The Hall–Kier alpha value is -1.31. The van der Waals surface area contributed by atoms with Gasteiger partial charge in [0.2, 0.25) is 0 Å². The fourth-order valence-corrected chi connectivity index (χ4v) is 1.98. The number of nitrogens with one attached hydrogen (secondary N) is 2. The molecule has 1 atom stereocenters. The minimum absolute atomic E-state index is 0. The maximum atomic E-state index is 12.8. The molecule has 1 saturated heterocycles. The normalized spacial score (nSPS) is 18.7. The van der Waals surface area contributed by atoms with Crippen molar-refractivity contribution in [3.8, 4) is 0 Å². The van der Waals surface area contributed by atoms with Crippen LogP contribution in [0.15, 0.2) is 24.3 Å². The van der Waals surface area contributed by atoms with Crippen molar-refractivity contribution in [1.29, 1.82) is 0 Å². The summed E-state index contributed by atoms with van der Waals surface area (Å²) in [4.78, 5) is 11.8. The molecule has 0 saturated carbocycles. The van der Waals surface area contributed by atoms with Crippen molar-refractivity contribution in [2.75, 3.05) is 19.7 Å². The van der Waals surface area contributed by atoms with Crippen LogP contribution in [0.2, 0.25) is 0 Å². The van der Waals surface area contributed by atoms with Crippen LogP contribution in [0.4, 0.5) is 13.2 Å². The highest BCUT2D eigenvalue weighted by molar-refractivity contribution is 5.85. The van der Waals surface area contributed by atoms with Gasteiger partial charge in [-0.25, -0.2) is 0 Å². The molecule has 0 spiro atoms. The molecule has 1 fully saturated rings. The first kappa shape index (κ1) is 17.7. The Kier molecular flexibility index (Phi) is 6.44. The third kappa shape index (κ3) is 4.87. The number of ether oxygens (including phenoxy) is 1. The zero-order valence-corrected chi connectivity index (χ0v) is 11.9. The Balaban J connectivity index is 0.00000220. The number of morpholine rings is 1. The van der Waals surface area contributed by atoms with Crippen LogP contribution in [-0.4, -0.2) is 31.7 Å². The molecule has 1 amide bonds. The predicted octanol–water partition coefficient (Wildman–Crippen LogP) is 1.73. The molecule has 1 aromatic carbocycles. The van der Waals surface area contributed by atoms with Crippen molar-refractivity contribution in [1.82, 2.24) is 10.6 Å². The highest BCUT2D eigenvalue weighted by atomic mass is 35.5. The van der Waals surface area contributed by atoms with Gasteiger partial charge in [-0.3, -0.25) is 4.79 Å². The van der Waals surface area contributed by atoms with Crippen molar-refractivity contribution in [3.63, 3.8) is 0 Å². The van der Waals surface area contributed by atoms with Gasteiger partial charge >= 0.3 is 6.18 Å². The maximum Gasteiger partial charge on any atom is 0.416 e. The third-order valence-corrected chi connectivity index (χ3v) is 3.00. The van der Waals surface area contributed by atoms with Crippen molar-refractivity contribution >= 4 is 18.3 Å². The van der Waals surface area contributed by atoms with Crippen LogP contribution in [0.3, 0.4) is 0 Å². The molecule has 1 aromatic rings. The van der Waals surface area contributed by atoms with Crippen molar-refractivity contribution in [2.24, 2.45) is 0 Å². The molecule has 2 N–H and O–H groups in total. The SMILES string of the molecule is Cl.O=C(NCc1ccccc1C(F)(F)F)C1CNCCO1. The van der Waals surface area contributed by atoms with Crippen molar-refractivity contribution in [2.45, 2.75) is 18.8 Å². The van der Waals surface area contributed by atoms with Gasteiger partial charge in [-0.05, 0) is 11.6 Å². The average Bonchev–Trinajstić information content (AvgIpc) is 2.45. The first-order chi connectivity index (χ1) is 9.48. The lowest BCUT2D eigenvalue weighted by molar-refractivity contribution is -0.139. The largest absolute Gasteiger partial charge is 0.416 e. The quantitative estimate of drug-likeness (QED) is 0.890. The van der Waals surface area contributed by atoms with E-state index in [2.05, 4.69) is 10.6 Å². The number of carbonyl (C=O) groups excluding carboxylic acids is 1. The Morgan fingerprint density at radius 3 is 2.71 bits per heavy atom. The van der Waals surface area contributed by atoms with Gasteiger partial charge < -0.3 is 15.4 Å². The van der Waals surface area contributed by atoms with E-state index in [0.717, 1.165) is 6.07 Å². The van der Waals surface area contributed by atoms with Crippen LogP contribution in [-0.2, 0) is 22.3 Å². The molecule has 1 aliphatic rings. The van der Waals surface area contributed by atoms with E-state index in [9.17, 15) is 18.0 Å². The Labute approximate surface area is 126 Å². The van der Waals surface area contributed by atoms with E-state index in [1.165, 1.54) is 18.2 Å². The molecule has 8 heteroatoms. The summed E-state index contributed by atoms with van der Waals surface area (Å²) in [6, 6.07) is 5.18. The van der Waals surface area contributed by atoms with Crippen LogP contribution in [0, 0.1) is 0 Å². The lowest BCUT2D eigenvalue weighted by Gasteiger charge is -2.23. The molecule has 0 aromatic heterocycles. The summed E-state index contributed by atoms with van der Waals surface area (Å²) in [7, 11) is 0. The number of benzene rings is 1. The summed E-state index contributed by atoms with van der Waals surface area (Å²) in [5.41, 5.74) is -0.694. The van der Waals surface area contributed by atoms with Crippen LogP contribution < -0.4 is 10.6 Å². The molecule has 118 valence electrons. The first-order valence-corrected chi connectivity index (χ1v) is 6.23. The van der Waals surface area contributed by atoms with Crippen LogP contribution >= 0.6 is 12.4 Å². The molecule has 1 heterocycles. The summed E-state index contributed by atoms with van der Waals surface area (Å²) < 4.78 is 43.6. The van der Waals surface area contributed by atoms with E-state index >= 15 is 0 Å². The minimum Gasteiger partial charge on any atom is -0.366 e. The number of halogens is 4. The van der Waals surface area contributed by atoms with Gasteiger partial charge in [0.15, 0.2) is 0 Å². The summed E-state index contributed by atoms with van der Waals surface area (Å²) in [6.07, 6.45) is -5.08. The second-order valence-electron chi connectivity index (χ2n) is 4.44. The van der Waals surface area contributed by atoms with E-state index in [0.29, 0.717) is 19.7 Å². The average molecular weight is 325 g/mol. The van der Waals surface area contributed by atoms with Crippen molar-refractivity contribution < 1.29 is 22.7 Å². The van der Waals surface area contributed by atoms with Gasteiger partial charge in [-0.2, -0.15) is 13.2 Å². The lowest BCUT2D eigenvalue weighted by Crippen LogP contribution is -2.47. The van der Waals surface area contributed by atoms with E-state index in [1.807, 2.05) is 0 Å². The van der Waals surface area contributed by atoms with E-state index in [4.69, 9.17) is 4.74 Å². The molecule has 0 radical (unpaired) electrons. The zero-order chi connectivity index (χ0) is 14.6. The third-order valence-electron chi connectivity index (χ3n) is 3.00. The summed E-state index contributed by atoms with van der Waals surface area (Å²) in [5, 5.41) is 5.46. The molecule has 4 nitrogen and oxygen atoms in total. The molecular formula is C13H16ClF3N2O2. The highest BCUT2D eigenvalue weighted by Gasteiger charge is 2.33. The molecule has 0 bridgehead atoms. The molecule has 2 rings (SSSR count). The predicted molar refractivity (Wildman–Crippen MR) is 73.1 cm³/mol. The van der Waals surface area contributed by atoms with E-state index in [1.54, 1.807) is 0 Å². The van der Waals surface area contributed by atoms with Crippen LogP contribution in [0.1, 0.15) is 11.1 Å². The van der Waals surface area contributed by atoms with Gasteiger partial charge in [0.1, 0.15) is 6.10 Å². The van der Waals surface area contributed by atoms with Gasteiger partial charge in [0, 0.05) is 19.6 Å². The summed E-state index contributed by atoms with van der Waals surface area (Å²) in [5.74, 6) is -0.408. The first-order valence-electron chi connectivity index (χ1n) is 6.23. The fraction of sp³-hybridized carbons (Fsp3) is 0.462. The highest BCUT2D eigenvalue weighted by Crippen LogP contribution is 2.31. The summed E-state index contributed by atoms with van der Waals surface area (Å²) in [6.45, 7) is 1.28. The van der Waals surface area contributed by atoms with Gasteiger partial charge in [-0.1, -0.05) is 18.2 Å². The Morgan fingerprint density at radius 1 is 1.38 bits per heavy atom. The maximum absolute atomic E-state index is 12.8.